The third-order valence-corrected chi connectivity index (χ3v) is 3.04. The molecule has 4 heteroatoms. The van der Waals surface area contributed by atoms with E-state index in [4.69, 9.17) is 5.73 Å². The second kappa shape index (κ2) is 5.84. The molecule has 0 radical (unpaired) electrons. The number of hydrogen-bond acceptors (Lipinski definition) is 4. The van der Waals surface area contributed by atoms with E-state index in [9.17, 15) is 0 Å². The van der Waals surface area contributed by atoms with E-state index in [-0.39, 0.29) is 0 Å². The van der Waals surface area contributed by atoms with Crippen molar-refractivity contribution in [3.8, 4) is 0 Å². The molecule has 0 aromatic carbocycles. The molecule has 0 aliphatic heterocycles. The second-order valence-electron chi connectivity index (χ2n) is 4.75. The summed E-state index contributed by atoms with van der Waals surface area (Å²) in [6.45, 7) is 10.5. The van der Waals surface area contributed by atoms with E-state index >= 15 is 0 Å². The number of anilines is 2. The Bertz CT molecular complexity index is 370. The Labute approximate surface area is 104 Å². The Morgan fingerprint density at radius 3 is 2.24 bits per heavy atom. The quantitative estimate of drug-likeness (QED) is 0.824. The number of hydrogen-bond donors (Lipinski definition) is 2. The van der Waals surface area contributed by atoms with Crippen molar-refractivity contribution in [2.45, 2.75) is 59.4 Å². The summed E-state index contributed by atoms with van der Waals surface area (Å²) in [5, 5.41) is 3.45. The smallest absolute Gasteiger partial charge is 0.135 e. The summed E-state index contributed by atoms with van der Waals surface area (Å²) in [7, 11) is 0. The van der Waals surface area contributed by atoms with E-state index in [0.717, 1.165) is 30.0 Å². The van der Waals surface area contributed by atoms with E-state index in [1.165, 1.54) is 0 Å². The summed E-state index contributed by atoms with van der Waals surface area (Å²) in [6.07, 6.45) is 2.16. The fraction of sp³-hybridized carbons (Fsp3) is 0.692. The molecule has 1 rings (SSSR count). The summed E-state index contributed by atoms with van der Waals surface area (Å²) in [6, 6.07) is 0.447. The van der Waals surface area contributed by atoms with E-state index in [0.29, 0.717) is 17.8 Å². The van der Waals surface area contributed by atoms with E-state index in [1.54, 1.807) is 0 Å². The number of rotatable bonds is 5. The molecule has 0 bridgehead atoms. The first-order chi connectivity index (χ1) is 7.99. The molecule has 0 amide bonds. The van der Waals surface area contributed by atoms with Crippen LogP contribution in [-0.2, 0) is 0 Å². The monoisotopic (exact) mass is 236 g/mol. The maximum atomic E-state index is 5.93. The third kappa shape index (κ3) is 3.32. The Morgan fingerprint density at radius 2 is 1.76 bits per heavy atom. The molecule has 1 aromatic rings. The standard InChI is InChI=1S/C13H24N4/c1-6-10(7-2)15-13-9(5)11(14)16-12(17-13)8(3)4/h8,10H,6-7H2,1-5H3,(H3,14,15,16,17). The molecule has 1 aromatic heterocycles. The number of aromatic nitrogens is 2. The molecule has 0 unspecified atom stereocenters. The van der Waals surface area contributed by atoms with Gasteiger partial charge in [0, 0.05) is 17.5 Å². The Hall–Kier alpha value is -1.32. The van der Waals surface area contributed by atoms with Crippen LogP contribution >= 0.6 is 0 Å². The summed E-state index contributed by atoms with van der Waals surface area (Å²) >= 11 is 0. The highest BCUT2D eigenvalue weighted by Crippen LogP contribution is 2.22. The highest BCUT2D eigenvalue weighted by atomic mass is 15.1. The molecule has 0 atom stereocenters. The van der Waals surface area contributed by atoms with Crippen molar-refractivity contribution in [1.29, 1.82) is 0 Å². The molecule has 1 heterocycles. The molecule has 17 heavy (non-hydrogen) atoms. The molecular formula is C13H24N4. The SMILES string of the molecule is CCC(CC)Nc1nc(C(C)C)nc(N)c1C. The highest BCUT2D eigenvalue weighted by Gasteiger charge is 2.13. The molecule has 0 aliphatic carbocycles. The summed E-state index contributed by atoms with van der Waals surface area (Å²) in [5.41, 5.74) is 6.87. The van der Waals surface area contributed by atoms with Crippen LogP contribution in [0, 0.1) is 6.92 Å². The van der Waals surface area contributed by atoms with Gasteiger partial charge in [0.15, 0.2) is 0 Å². The first-order valence-corrected chi connectivity index (χ1v) is 6.40. The number of nitrogens with one attached hydrogen (secondary N) is 1. The molecule has 96 valence electrons. The predicted molar refractivity (Wildman–Crippen MR) is 73.3 cm³/mol. The minimum atomic E-state index is 0.292. The van der Waals surface area contributed by atoms with Crippen molar-refractivity contribution in [1.82, 2.24) is 9.97 Å². The van der Waals surface area contributed by atoms with Gasteiger partial charge in [0.05, 0.1) is 0 Å². The molecule has 0 saturated heterocycles. The van der Waals surface area contributed by atoms with E-state index in [1.807, 2.05) is 6.92 Å². The van der Waals surface area contributed by atoms with Gasteiger partial charge in [-0.25, -0.2) is 9.97 Å². The van der Waals surface area contributed by atoms with Gasteiger partial charge in [-0.2, -0.15) is 0 Å². The summed E-state index contributed by atoms with van der Waals surface area (Å²) in [4.78, 5) is 8.88. The van der Waals surface area contributed by atoms with Crippen molar-refractivity contribution in [3.05, 3.63) is 11.4 Å². The minimum Gasteiger partial charge on any atom is -0.383 e. The van der Waals surface area contributed by atoms with Crippen LogP contribution in [0.5, 0.6) is 0 Å². The lowest BCUT2D eigenvalue weighted by Crippen LogP contribution is -2.20. The molecular weight excluding hydrogens is 212 g/mol. The Kier molecular flexibility index (Phi) is 4.73. The fourth-order valence-corrected chi connectivity index (χ4v) is 1.64. The fourth-order valence-electron chi connectivity index (χ4n) is 1.64. The number of nitrogens with two attached hydrogens (primary N) is 1. The topological polar surface area (TPSA) is 63.8 Å². The largest absolute Gasteiger partial charge is 0.383 e. The van der Waals surface area contributed by atoms with Gasteiger partial charge >= 0.3 is 0 Å². The molecule has 0 fully saturated rings. The minimum absolute atomic E-state index is 0.292. The lowest BCUT2D eigenvalue weighted by atomic mass is 10.1. The van der Waals surface area contributed by atoms with Gasteiger partial charge in [-0.1, -0.05) is 27.7 Å². The average Bonchev–Trinajstić information content (AvgIpc) is 2.30. The van der Waals surface area contributed by atoms with Gasteiger partial charge in [0.25, 0.3) is 0 Å². The normalized spacial score (nSPS) is 11.2. The van der Waals surface area contributed by atoms with Gasteiger partial charge < -0.3 is 11.1 Å². The predicted octanol–water partition coefficient (Wildman–Crippen LogP) is 3.09. The zero-order valence-corrected chi connectivity index (χ0v) is 11.5. The van der Waals surface area contributed by atoms with Crippen LogP contribution in [0.4, 0.5) is 11.6 Å². The van der Waals surface area contributed by atoms with Crippen LogP contribution in [-0.4, -0.2) is 16.0 Å². The van der Waals surface area contributed by atoms with Crippen molar-refractivity contribution in [2.24, 2.45) is 0 Å². The van der Waals surface area contributed by atoms with Crippen molar-refractivity contribution >= 4 is 11.6 Å². The first-order valence-electron chi connectivity index (χ1n) is 6.40. The average molecular weight is 236 g/mol. The summed E-state index contributed by atoms with van der Waals surface area (Å²) < 4.78 is 0. The van der Waals surface area contributed by atoms with Gasteiger partial charge in [0.1, 0.15) is 17.5 Å². The Morgan fingerprint density at radius 1 is 1.18 bits per heavy atom. The number of nitrogen functional groups attached to an aromatic ring is 1. The Balaban J connectivity index is 3.05. The van der Waals surface area contributed by atoms with Crippen molar-refractivity contribution in [3.63, 3.8) is 0 Å². The van der Waals surface area contributed by atoms with Crippen molar-refractivity contribution < 1.29 is 0 Å². The van der Waals surface area contributed by atoms with Crippen molar-refractivity contribution in [2.75, 3.05) is 11.1 Å². The van der Waals surface area contributed by atoms with Crippen LogP contribution in [0.1, 0.15) is 57.8 Å². The lowest BCUT2D eigenvalue weighted by Gasteiger charge is -2.19. The summed E-state index contributed by atoms with van der Waals surface area (Å²) in [5.74, 6) is 2.56. The van der Waals surface area contributed by atoms with Gasteiger partial charge in [-0.05, 0) is 19.8 Å². The van der Waals surface area contributed by atoms with Gasteiger partial charge in [-0.15, -0.1) is 0 Å². The van der Waals surface area contributed by atoms with E-state index in [2.05, 4.69) is 43.0 Å². The zero-order valence-electron chi connectivity index (χ0n) is 11.5. The second-order valence-corrected chi connectivity index (χ2v) is 4.75. The van der Waals surface area contributed by atoms with Crippen LogP contribution in [0.2, 0.25) is 0 Å². The maximum absolute atomic E-state index is 5.93. The molecule has 3 N–H and O–H groups in total. The van der Waals surface area contributed by atoms with Crippen LogP contribution in [0.15, 0.2) is 0 Å². The maximum Gasteiger partial charge on any atom is 0.135 e. The van der Waals surface area contributed by atoms with Crippen LogP contribution in [0.25, 0.3) is 0 Å². The lowest BCUT2D eigenvalue weighted by molar-refractivity contribution is 0.664. The van der Waals surface area contributed by atoms with Gasteiger partial charge in [0.2, 0.25) is 0 Å². The number of nitrogens with zero attached hydrogens (tertiary/aromatic N) is 2. The molecule has 0 aliphatic rings. The van der Waals surface area contributed by atoms with E-state index < -0.39 is 0 Å². The molecule has 0 spiro atoms. The van der Waals surface area contributed by atoms with Crippen LogP contribution < -0.4 is 11.1 Å². The zero-order chi connectivity index (χ0) is 13.0. The third-order valence-electron chi connectivity index (χ3n) is 3.04. The highest BCUT2D eigenvalue weighted by molar-refractivity contribution is 5.55. The van der Waals surface area contributed by atoms with Gasteiger partial charge in [-0.3, -0.25) is 0 Å². The molecule has 4 nitrogen and oxygen atoms in total. The van der Waals surface area contributed by atoms with Crippen LogP contribution in [0.3, 0.4) is 0 Å². The first kappa shape index (κ1) is 13.7. The molecule has 0 saturated carbocycles.